The zero-order valence-electron chi connectivity index (χ0n) is 12.2. The fourth-order valence-electron chi connectivity index (χ4n) is 1.96. The van der Waals surface area contributed by atoms with Crippen molar-refractivity contribution in [2.24, 2.45) is 10.1 Å². The molecule has 0 atom stereocenters. The zero-order chi connectivity index (χ0) is 16.1. The van der Waals surface area contributed by atoms with Gasteiger partial charge in [0.1, 0.15) is 5.76 Å². The van der Waals surface area contributed by atoms with Crippen molar-refractivity contribution in [1.29, 1.82) is 0 Å². The highest BCUT2D eigenvalue weighted by atomic mass is 35.5. The van der Waals surface area contributed by atoms with Crippen LogP contribution in [0.3, 0.4) is 0 Å². The van der Waals surface area contributed by atoms with Crippen LogP contribution in [0, 0.1) is 0 Å². The molecular weight excluding hydrogens is 330 g/mol. The van der Waals surface area contributed by atoms with E-state index in [1.807, 2.05) is 41.8 Å². The highest BCUT2D eigenvalue weighted by Crippen LogP contribution is 2.22. The standard InChI is InChI=1S/C17H14ClN3OS/c1-2-9-19-17-21(20-11-15-4-3-10-22-15)16(12-23-17)13-5-7-14(18)8-6-13/h2-8,10-12H,1,9H2. The molecule has 0 amide bonds. The molecule has 1 aromatic carbocycles. The minimum atomic E-state index is 0.539. The number of benzene rings is 1. The Labute approximate surface area is 142 Å². The Morgan fingerprint density at radius 1 is 1.26 bits per heavy atom. The Balaban J connectivity index is 2.07. The highest BCUT2D eigenvalue weighted by molar-refractivity contribution is 7.07. The maximum absolute atomic E-state index is 5.97. The Hall–Kier alpha value is -2.37. The minimum absolute atomic E-state index is 0.539. The van der Waals surface area contributed by atoms with E-state index in [0.717, 1.165) is 16.1 Å². The van der Waals surface area contributed by atoms with Gasteiger partial charge in [-0.15, -0.1) is 17.9 Å². The summed E-state index contributed by atoms with van der Waals surface area (Å²) in [6, 6.07) is 11.3. The second kappa shape index (κ2) is 7.26. The first-order valence-electron chi connectivity index (χ1n) is 6.93. The maximum atomic E-state index is 5.97. The fourth-order valence-corrected chi connectivity index (χ4v) is 2.93. The summed E-state index contributed by atoms with van der Waals surface area (Å²) in [5, 5.41) is 7.23. The molecule has 0 saturated heterocycles. The quantitative estimate of drug-likeness (QED) is 0.499. The van der Waals surface area contributed by atoms with Crippen molar-refractivity contribution in [3.63, 3.8) is 0 Å². The van der Waals surface area contributed by atoms with Gasteiger partial charge in [-0.05, 0) is 24.3 Å². The van der Waals surface area contributed by atoms with Gasteiger partial charge in [0.2, 0.25) is 4.80 Å². The second-order valence-corrected chi connectivity index (χ2v) is 5.88. The van der Waals surface area contributed by atoms with Crippen LogP contribution in [0.2, 0.25) is 5.02 Å². The lowest BCUT2D eigenvalue weighted by Gasteiger charge is -2.03. The van der Waals surface area contributed by atoms with E-state index in [2.05, 4.69) is 16.7 Å². The number of nitrogens with zero attached hydrogens (tertiary/aromatic N) is 3. The Morgan fingerprint density at radius 3 is 2.78 bits per heavy atom. The first-order valence-corrected chi connectivity index (χ1v) is 8.19. The third kappa shape index (κ3) is 3.70. The lowest BCUT2D eigenvalue weighted by atomic mass is 10.2. The van der Waals surface area contributed by atoms with Crippen molar-refractivity contribution in [1.82, 2.24) is 4.68 Å². The van der Waals surface area contributed by atoms with E-state index in [0.29, 0.717) is 17.3 Å². The van der Waals surface area contributed by atoms with Crippen molar-refractivity contribution < 1.29 is 4.42 Å². The predicted octanol–water partition coefficient (Wildman–Crippen LogP) is 4.43. The SMILES string of the molecule is C=CCN=c1scc(-c2ccc(Cl)cc2)n1N=Cc1ccco1. The summed E-state index contributed by atoms with van der Waals surface area (Å²) in [5.74, 6) is 0.681. The molecule has 3 rings (SSSR count). The fraction of sp³-hybridized carbons (Fsp3) is 0.0588. The molecule has 116 valence electrons. The Morgan fingerprint density at radius 2 is 2.09 bits per heavy atom. The van der Waals surface area contributed by atoms with E-state index in [1.165, 1.54) is 11.3 Å². The molecule has 3 aromatic rings. The van der Waals surface area contributed by atoms with Crippen LogP contribution in [0.5, 0.6) is 0 Å². The number of hydrogen-bond donors (Lipinski definition) is 0. The summed E-state index contributed by atoms with van der Waals surface area (Å²) in [4.78, 5) is 5.27. The highest BCUT2D eigenvalue weighted by Gasteiger charge is 2.07. The summed E-state index contributed by atoms with van der Waals surface area (Å²) >= 11 is 7.49. The molecule has 0 radical (unpaired) electrons. The van der Waals surface area contributed by atoms with Crippen molar-refractivity contribution >= 4 is 29.2 Å². The van der Waals surface area contributed by atoms with Crippen LogP contribution >= 0.6 is 22.9 Å². The van der Waals surface area contributed by atoms with Crippen LogP contribution in [0.4, 0.5) is 0 Å². The van der Waals surface area contributed by atoms with Crippen LogP contribution in [0.15, 0.2) is 75.2 Å². The van der Waals surface area contributed by atoms with Gasteiger partial charge in [0, 0.05) is 16.0 Å². The molecule has 0 fully saturated rings. The average Bonchev–Trinajstić information content (AvgIpc) is 3.21. The number of halogens is 1. The molecule has 0 aliphatic carbocycles. The van der Waals surface area contributed by atoms with Gasteiger partial charge >= 0.3 is 0 Å². The largest absolute Gasteiger partial charge is 0.463 e. The molecule has 0 bridgehead atoms. The number of thiazole rings is 1. The molecule has 0 spiro atoms. The molecule has 2 aromatic heterocycles. The average molecular weight is 344 g/mol. The lowest BCUT2D eigenvalue weighted by molar-refractivity contribution is 0.559. The topological polar surface area (TPSA) is 42.8 Å². The van der Waals surface area contributed by atoms with Crippen molar-refractivity contribution in [3.8, 4) is 11.3 Å². The van der Waals surface area contributed by atoms with Gasteiger partial charge in [0.15, 0.2) is 0 Å². The molecule has 6 heteroatoms. The van der Waals surface area contributed by atoms with Crippen LogP contribution in [0.25, 0.3) is 11.3 Å². The van der Waals surface area contributed by atoms with Crippen LogP contribution < -0.4 is 4.80 Å². The van der Waals surface area contributed by atoms with Crippen molar-refractivity contribution in [2.45, 2.75) is 0 Å². The van der Waals surface area contributed by atoms with E-state index in [4.69, 9.17) is 16.0 Å². The molecule has 4 nitrogen and oxygen atoms in total. The molecule has 0 saturated carbocycles. The van der Waals surface area contributed by atoms with Gasteiger partial charge in [0.05, 0.1) is 24.7 Å². The molecule has 0 unspecified atom stereocenters. The van der Waals surface area contributed by atoms with Gasteiger partial charge < -0.3 is 4.42 Å². The van der Waals surface area contributed by atoms with Gasteiger partial charge in [-0.3, -0.25) is 4.99 Å². The van der Waals surface area contributed by atoms with Gasteiger partial charge in [-0.25, -0.2) is 4.68 Å². The number of hydrogen-bond acceptors (Lipinski definition) is 4. The number of aromatic nitrogens is 1. The monoisotopic (exact) mass is 343 g/mol. The van der Waals surface area contributed by atoms with Crippen LogP contribution in [-0.4, -0.2) is 17.4 Å². The molecule has 0 N–H and O–H groups in total. The normalized spacial score (nSPS) is 12.1. The number of rotatable bonds is 5. The zero-order valence-corrected chi connectivity index (χ0v) is 13.8. The Kier molecular flexibility index (Phi) is 4.90. The summed E-state index contributed by atoms with van der Waals surface area (Å²) in [6.07, 6.45) is 5.03. The van der Waals surface area contributed by atoms with E-state index >= 15 is 0 Å². The smallest absolute Gasteiger partial charge is 0.206 e. The second-order valence-electron chi connectivity index (χ2n) is 4.61. The summed E-state index contributed by atoms with van der Waals surface area (Å²) in [5.41, 5.74) is 1.96. The van der Waals surface area contributed by atoms with E-state index in [1.54, 1.807) is 23.2 Å². The van der Waals surface area contributed by atoms with Gasteiger partial charge in [0.25, 0.3) is 0 Å². The van der Waals surface area contributed by atoms with Gasteiger partial charge in [-0.1, -0.05) is 29.8 Å². The molecule has 23 heavy (non-hydrogen) atoms. The molecule has 0 aliphatic heterocycles. The predicted molar refractivity (Wildman–Crippen MR) is 95.1 cm³/mol. The van der Waals surface area contributed by atoms with Crippen LogP contribution in [-0.2, 0) is 0 Å². The van der Waals surface area contributed by atoms with E-state index in [-0.39, 0.29) is 0 Å². The Bertz CT molecular complexity index is 873. The molecule has 2 heterocycles. The molecule has 0 aliphatic rings. The third-order valence-electron chi connectivity index (χ3n) is 3.02. The van der Waals surface area contributed by atoms with Crippen molar-refractivity contribution in [3.05, 3.63) is 76.3 Å². The summed E-state index contributed by atoms with van der Waals surface area (Å²) < 4.78 is 7.08. The first-order chi connectivity index (χ1) is 11.3. The minimum Gasteiger partial charge on any atom is -0.463 e. The summed E-state index contributed by atoms with van der Waals surface area (Å²) in [6.45, 7) is 4.24. The van der Waals surface area contributed by atoms with E-state index < -0.39 is 0 Å². The maximum Gasteiger partial charge on any atom is 0.206 e. The van der Waals surface area contributed by atoms with Crippen LogP contribution in [0.1, 0.15) is 5.76 Å². The third-order valence-corrected chi connectivity index (χ3v) is 4.13. The molecular formula is C17H14ClN3OS. The number of furan rings is 1. The summed E-state index contributed by atoms with van der Waals surface area (Å²) in [7, 11) is 0. The van der Waals surface area contributed by atoms with Gasteiger partial charge in [-0.2, -0.15) is 5.10 Å². The van der Waals surface area contributed by atoms with E-state index in [9.17, 15) is 0 Å². The van der Waals surface area contributed by atoms with Crippen molar-refractivity contribution in [2.75, 3.05) is 6.54 Å². The first kappa shape index (κ1) is 15.5. The lowest BCUT2D eigenvalue weighted by Crippen LogP contribution is -2.12.